The van der Waals surface area contributed by atoms with Crippen molar-refractivity contribution in [2.24, 2.45) is 7.05 Å². The van der Waals surface area contributed by atoms with Gasteiger partial charge in [0.05, 0.1) is 5.56 Å². The lowest BCUT2D eigenvalue weighted by atomic mass is 9.96. The molecule has 0 aliphatic carbocycles. The molecule has 1 aromatic heterocycles. The first-order valence-electron chi connectivity index (χ1n) is 9.59. The second kappa shape index (κ2) is 7.94. The molecule has 0 bridgehead atoms. The smallest absolute Gasteiger partial charge is 0.336 e. The van der Waals surface area contributed by atoms with E-state index in [0.29, 0.717) is 11.5 Å². The van der Waals surface area contributed by atoms with Crippen LogP contribution in [0.2, 0.25) is 0 Å². The summed E-state index contributed by atoms with van der Waals surface area (Å²) in [6.07, 6.45) is 4.07. The van der Waals surface area contributed by atoms with Gasteiger partial charge in [0, 0.05) is 26.1 Å². The van der Waals surface area contributed by atoms with Crippen molar-refractivity contribution < 1.29 is 9.90 Å². The van der Waals surface area contributed by atoms with Crippen molar-refractivity contribution in [3.8, 4) is 11.1 Å². The molecular weight excluding hydrogens is 352 g/mol. The van der Waals surface area contributed by atoms with Gasteiger partial charge in [0.1, 0.15) is 12.2 Å². The molecule has 144 valence electrons. The molecule has 1 saturated heterocycles. The minimum atomic E-state index is -0.900. The zero-order valence-electron chi connectivity index (χ0n) is 16.0. The fraction of sp³-hybridized carbons (Fsp3) is 0.318. The first kappa shape index (κ1) is 18.4. The van der Waals surface area contributed by atoms with Crippen LogP contribution in [0.15, 0.2) is 54.9 Å². The first-order chi connectivity index (χ1) is 13.6. The van der Waals surface area contributed by atoms with Gasteiger partial charge in [0.15, 0.2) is 0 Å². The number of carboxylic acid groups (broad SMARTS) is 1. The number of hydrogen-bond donors (Lipinski definition) is 1. The monoisotopic (exact) mass is 376 g/mol. The predicted molar refractivity (Wildman–Crippen MR) is 107 cm³/mol. The van der Waals surface area contributed by atoms with Gasteiger partial charge in [-0.15, -0.1) is 10.2 Å². The van der Waals surface area contributed by atoms with E-state index < -0.39 is 5.97 Å². The topological polar surface area (TPSA) is 71.2 Å². The molecule has 1 fully saturated rings. The van der Waals surface area contributed by atoms with Crippen LogP contribution in [-0.2, 0) is 13.6 Å². The summed E-state index contributed by atoms with van der Waals surface area (Å²) in [5.41, 5.74) is 3.24. The van der Waals surface area contributed by atoms with Crippen molar-refractivity contribution in [2.45, 2.75) is 25.3 Å². The molecule has 0 radical (unpaired) electrons. The largest absolute Gasteiger partial charge is 0.478 e. The van der Waals surface area contributed by atoms with Crippen LogP contribution in [0.3, 0.4) is 0 Å². The molecular formula is C22H24N4O2. The number of carbonyl (C=O) groups is 1. The highest BCUT2D eigenvalue weighted by Crippen LogP contribution is 2.27. The number of aryl methyl sites for hydroxylation is 1. The van der Waals surface area contributed by atoms with E-state index in [9.17, 15) is 9.90 Å². The highest BCUT2D eigenvalue weighted by Gasteiger charge is 2.24. The summed E-state index contributed by atoms with van der Waals surface area (Å²) in [5, 5.41) is 17.7. The van der Waals surface area contributed by atoms with Crippen molar-refractivity contribution >= 4 is 5.97 Å². The van der Waals surface area contributed by atoms with Gasteiger partial charge in [-0.3, -0.25) is 4.90 Å². The molecule has 6 heteroatoms. The lowest BCUT2D eigenvalue weighted by Crippen LogP contribution is -2.34. The summed E-state index contributed by atoms with van der Waals surface area (Å²) in [7, 11) is 2.00. The molecule has 1 aliphatic rings. The van der Waals surface area contributed by atoms with E-state index in [1.807, 2.05) is 35.9 Å². The Morgan fingerprint density at radius 2 is 1.96 bits per heavy atom. The van der Waals surface area contributed by atoms with E-state index in [4.69, 9.17) is 0 Å². The quantitative estimate of drug-likeness (QED) is 0.737. The maximum atomic E-state index is 11.5. The molecule has 1 aliphatic heterocycles. The van der Waals surface area contributed by atoms with Crippen LogP contribution in [0.5, 0.6) is 0 Å². The van der Waals surface area contributed by atoms with Gasteiger partial charge >= 0.3 is 5.97 Å². The third-order valence-corrected chi connectivity index (χ3v) is 5.45. The number of likely N-dealkylation sites (tertiary alicyclic amines) is 1. The predicted octanol–water partition coefficient (Wildman–Crippen LogP) is 3.56. The molecule has 6 nitrogen and oxygen atoms in total. The minimum Gasteiger partial charge on any atom is -0.478 e. The maximum Gasteiger partial charge on any atom is 0.336 e. The Hall–Kier alpha value is -2.99. The van der Waals surface area contributed by atoms with Crippen LogP contribution in [0.4, 0.5) is 0 Å². The number of nitrogens with zero attached hydrogens (tertiary/aromatic N) is 4. The van der Waals surface area contributed by atoms with Crippen LogP contribution >= 0.6 is 0 Å². The summed E-state index contributed by atoms with van der Waals surface area (Å²) in [6.45, 7) is 2.95. The third-order valence-electron chi connectivity index (χ3n) is 5.45. The van der Waals surface area contributed by atoms with Gasteiger partial charge in [0.2, 0.25) is 0 Å². The molecule has 1 atom stereocenters. The Morgan fingerprint density at radius 1 is 1.18 bits per heavy atom. The van der Waals surface area contributed by atoms with Gasteiger partial charge in [0.25, 0.3) is 0 Å². The Bertz CT molecular complexity index is 965. The molecule has 0 spiro atoms. The summed E-state index contributed by atoms with van der Waals surface area (Å²) < 4.78 is 2.02. The normalized spacial score (nSPS) is 17.5. The number of aromatic nitrogens is 3. The standard InChI is InChI=1S/C22H24N4O2/c1-25-15-23-24-21(25)18-5-4-12-26(14-18)13-16-8-10-17(11-9-16)19-6-2-3-7-20(19)22(27)28/h2-3,6-11,15,18H,4-5,12-14H2,1H3,(H,27,28)/t18-/m0/s1. The van der Waals surface area contributed by atoms with Gasteiger partial charge in [-0.05, 0) is 42.1 Å². The molecule has 0 unspecified atom stereocenters. The van der Waals surface area contributed by atoms with Crippen molar-refractivity contribution in [1.82, 2.24) is 19.7 Å². The Morgan fingerprint density at radius 3 is 2.68 bits per heavy atom. The van der Waals surface area contributed by atoms with E-state index in [1.165, 1.54) is 5.56 Å². The van der Waals surface area contributed by atoms with Crippen molar-refractivity contribution in [3.63, 3.8) is 0 Å². The van der Waals surface area contributed by atoms with Gasteiger partial charge < -0.3 is 9.67 Å². The Labute approximate surface area is 164 Å². The molecule has 0 saturated carbocycles. The molecule has 28 heavy (non-hydrogen) atoms. The van der Waals surface area contributed by atoms with Crippen LogP contribution in [0.1, 0.15) is 40.5 Å². The Balaban J connectivity index is 1.46. The van der Waals surface area contributed by atoms with Crippen LogP contribution in [-0.4, -0.2) is 43.8 Å². The highest BCUT2D eigenvalue weighted by molar-refractivity contribution is 5.95. The number of aromatic carboxylic acids is 1. The number of benzene rings is 2. The fourth-order valence-electron chi connectivity index (χ4n) is 4.04. The second-order valence-electron chi connectivity index (χ2n) is 7.42. The summed E-state index contributed by atoms with van der Waals surface area (Å²) in [4.78, 5) is 13.9. The van der Waals surface area contributed by atoms with Gasteiger partial charge in [-0.25, -0.2) is 4.79 Å². The molecule has 0 amide bonds. The zero-order valence-corrected chi connectivity index (χ0v) is 16.0. The average molecular weight is 376 g/mol. The molecule has 2 aromatic carbocycles. The second-order valence-corrected chi connectivity index (χ2v) is 7.42. The number of rotatable bonds is 5. The summed E-state index contributed by atoms with van der Waals surface area (Å²) in [5.74, 6) is 0.580. The summed E-state index contributed by atoms with van der Waals surface area (Å²) in [6, 6.07) is 15.4. The SMILES string of the molecule is Cn1cnnc1[C@H]1CCCN(Cc2ccc(-c3ccccc3C(=O)O)cc2)C1. The van der Waals surface area contributed by atoms with Crippen LogP contribution < -0.4 is 0 Å². The van der Waals surface area contributed by atoms with Crippen molar-refractivity contribution in [2.75, 3.05) is 13.1 Å². The number of carboxylic acids is 1. The Kier molecular flexibility index (Phi) is 5.21. The van der Waals surface area contributed by atoms with Crippen LogP contribution in [0, 0.1) is 0 Å². The lowest BCUT2D eigenvalue weighted by molar-refractivity contribution is 0.0697. The number of hydrogen-bond acceptors (Lipinski definition) is 4. The van der Waals surface area contributed by atoms with E-state index in [0.717, 1.165) is 49.4 Å². The number of piperidine rings is 1. The first-order valence-corrected chi connectivity index (χ1v) is 9.59. The zero-order chi connectivity index (χ0) is 19.5. The third kappa shape index (κ3) is 3.82. The maximum absolute atomic E-state index is 11.5. The van der Waals surface area contributed by atoms with E-state index in [1.54, 1.807) is 18.5 Å². The minimum absolute atomic E-state index is 0.331. The van der Waals surface area contributed by atoms with Gasteiger partial charge in [-0.1, -0.05) is 42.5 Å². The highest BCUT2D eigenvalue weighted by atomic mass is 16.4. The van der Waals surface area contributed by atoms with Crippen molar-refractivity contribution in [1.29, 1.82) is 0 Å². The molecule has 4 rings (SSSR count). The average Bonchev–Trinajstić information content (AvgIpc) is 3.15. The van der Waals surface area contributed by atoms with Gasteiger partial charge in [-0.2, -0.15) is 0 Å². The lowest BCUT2D eigenvalue weighted by Gasteiger charge is -2.32. The molecule has 1 N–H and O–H groups in total. The van der Waals surface area contributed by atoms with E-state index in [2.05, 4.69) is 27.2 Å². The fourth-order valence-corrected chi connectivity index (χ4v) is 4.04. The van der Waals surface area contributed by atoms with E-state index in [-0.39, 0.29) is 0 Å². The van der Waals surface area contributed by atoms with Crippen LogP contribution in [0.25, 0.3) is 11.1 Å². The summed E-state index contributed by atoms with van der Waals surface area (Å²) >= 11 is 0. The molecule has 3 aromatic rings. The van der Waals surface area contributed by atoms with Crippen molar-refractivity contribution in [3.05, 3.63) is 71.8 Å². The molecule has 2 heterocycles. The van der Waals surface area contributed by atoms with E-state index >= 15 is 0 Å².